The maximum Gasteiger partial charge on any atom is 0.175 e. The number of hydrogen-bond donors (Lipinski definition) is 1. The lowest BCUT2D eigenvalue weighted by Crippen LogP contribution is -2.04. The summed E-state index contributed by atoms with van der Waals surface area (Å²) in [5.74, 6) is 1.57. The molecule has 3 nitrogen and oxygen atoms in total. The molecular weight excluding hydrogens is 318 g/mol. The van der Waals surface area contributed by atoms with Gasteiger partial charge >= 0.3 is 0 Å². The minimum Gasteiger partial charge on any atom is -0.490 e. The Bertz CT molecular complexity index is 396. The first kappa shape index (κ1) is 17.3. The lowest BCUT2D eigenvalue weighted by molar-refractivity contribution is 0.268. The van der Waals surface area contributed by atoms with Crippen LogP contribution < -0.4 is 15.2 Å². The Kier molecular flexibility index (Phi) is 8.70. The normalized spacial score (nSPS) is 10.6. The predicted molar refractivity (Wildman–Crippen MR) is 87.5 cm³/mol. The third-order valence-electron chi connectivity index (χ3n) is 3.10. The van der Waals surface area contributed by atoms with Gasteiger partial charge in [-0.15, -0.1) is 0 Å². The van der Waals surface area contributed by atoms with Crippen LogP contribution in [0.4, 0.5) is 0 Å². The van der Waals surface area contributed by atoms with E-state index in [9.17, 15) is 0 Å². The van der Waals surface area contributed by atoms with E-state index in [1.54, 1.807) is 0 Å². The highest BCUT2D eigenvalue weighted by atomic mass is 79.9. The molecule has 0 saturated heterocycles. The Morgan fingerprint density at radius 1 is 1.05 bits per heavy atom. The van der Waals surface area contributed by atoms with Crippen molar-refractivity contribution < 1.29 is 9.47 Å². The Balaban J connectivity index is 2.58. The van der Waals surface area contributed by atoms with E-state index in [-0.39, 0.29) is 0 Å². The molecule has 0 aliphatic carbocycles. The standard InChI is InChI=1S/C16H26BrNO2/c1-3-5-6-7-8-9-20-16-14(17)10-13(12-18)11-15(16)19-4-2/h10-11H,3-9,12,18H2,1-2H3. The zero-order chi connectivity index (χ0) is 14.8. The largest absolute Gasteiger partial charge is 0.490 e. The minimum absolute atomic E-state index is 0.496. The molecule has 2 N–H and O–H groups in total. The van der Waals surface area contributed by atoms with Crippen molar-refractivity contribution in [3.63, 3.8) is 0 Å². The Labute approximate surface area is 131 Å². The number of unbranched alkanes of at least 4 members (excludes halogenated alkanes) is 4. The van der Waals surface area contributed by atoms with Gasteiger partial charge in [-0.25, -0.2) is 0 Å². The number of rotatable bonds is 10. The van der Waals surface area contributed by atoms with Crippen LogP contribution in [0.2, 0.25) is 0 Å². The van der Waals surface area contributed by atoms with Crippen molar-refractivity contribution in [1.82, 2.24) is 0 Å². The number of benzene rings is 1. The van der Waals surface area contributed by atoms with E-state index < -0.39 is 0 Å². The summed E-state index contributed by atoms with van der Waals surface area (Å²) < 4.78 is 12.4. The van der Waals surface area contributed by atoms with Gasteiger partial charge < -0.3 is 15.2 Å². The fourth-order valence-corrected chi connectivity index (χ4v) is 2.63. The summed E-state index contributed by atoms with van der Waals surface area (Å²) in [5.41, 5.74) is 6.72. The van der Waals surface area contributed by atoms with Crippen LogP contribution in [0.5, 0.6) is 11.5 Å². The van der Waals surface area contributed by atoms with Gasteiger partial charge in [0.25, 0.3) is 0 Å². The fraction of sp³-hybridized carbons (Fsp3) is 0.625. The molecule has 0 amide bonds. The lowest BCUT2D eigenvalue weighted by atomic mass is 10.1. The highest BCUT2D eigenvalue weighted by Crippen LogP contribution is 2.37. The van der Waals surface area contributed by atoms with E-state index in [0.29, 0.717) is 13.2 Å². The third-order valence-corrected chi connectivity index (χ3v) is 3.69. The number of ether oxygens (including phenoxy) is 2. The Morgan fingerprint density at radius 3 is 2.45 bits per heavy atom. The number of nitrogens with two attached hydrogens (primary N) is 1. The van der Waals surface area contributed by atoms with Crippen molar-refractivity contribution in [2.45, 2.75) is 52.5 Å². The van der Waals surface area contributed by atoms with Crippen LogP contribution in [0.15, 0.2) is 16.6 Å². The zero-order valence-corrected chi connectivity index (χ0v) is 14.2. The SMILES string of the molecule is CCCCCCCOc1c(Br)cc(CN)cc1OCC. The first-order valence-corrected chi connectivity index (χ1v) is 8.30. The van der Waals surface area contributed by atoms with Gasteiger partial charge in [0.2, 0.25) is 0 Å². The van der Waals surface area contributed by atoms with Gasteiger partial charge in [-0.3, -0.25) is 0 Å². The summed E-state index contributed by atoms with van der Waals surface area (Å²) in [4.78, 5) is 0. The maximum absolute atomic E-state index is 5.89. The van der Waals surface area contributed by atoms with Crippen LogP contribution in [0, 0.1) is 0 Å². The fourth-order valence-electron chi connectivity index (χ4n) is 2.02. The van der Waals surface area contributed by atoms with Crippen molar-refractivity contribution in [2.75, 3.05) is 13.2 Å². The van der Waals surface area contributed by atoms with Gasteiger partial charge in [0.05, 0.1) is 17.7 Å². The summed E-state index contributed by atoms with van der Waals surface area (Å²) in [6.45, 7) is 6.03. The molecule has 0 aliphatic rings. The summed E-state index contributed by atoms with van der Waals surface area (Å²) in [6.07, 6.45) is 6.15. The molecule has 0 heterocycles. The highest BCUT2D eigenvalue weighted by Gasteiger charge is 2.11. The average molecular weight is 344 g/mol. The molecule has 20 heavy (non-hydrogen) atoms. The molecule has 1 rings (SSSR count). The van der Waals surface area contributed by atoms with Crippen molar-refractivity contribution in [3.05, 3.63) is 22.2 Å². The van der Waals surface area contributed by atoms with E-state index in [0.717, 1.165) is 34.6 Å². The highest BCUT2D eigenvalue weighted by molar-refractivity contribution is 9.10. The van der Waals surface area contributed by atoms with E-state index >= 15 is 0 Å². The molecule has 0 aliphatic heterocycles. The van der Waals surface area contributed by atoms with Crippen LogP contribution in [0.25, 0.3) is 0 Å². The van der Waals surface area contributed by atoms with Crippen LogP contribution >= 0.6 is 15.9 Å². The van der Waals surface area contributed by atoms with Crippen molar-refractivity contribution >= 4 is 15.9 Å². The molecule has 0 aromatic heterocycles. The van der Waals surface area contributed by atoms with Crippen LogP contribution in [0.3, 0.4) is 0 Å². The molecule has 0 fully saturated rings. The van der Waals surface area contributed by atoms with Gasteiger partial charge in [0, 0.05) is 6.54 Å². The van der Waals surface area contributed by atoms with Crippen molar-refractivity contribution in [3.8, 4) is 11.5 Å². The molecule has 1 aromatic rings. The summed E-state index contributed by atoms with van der Waals surface area (Å²) in [6, 6.07) is 3.95. The van der Waals surface area contributed by atoms with E-state index in [1.165, 1.54) is 25.7 Å². The number of hydrogen-bond acceptors (Lipinski definition) is 3. The molecule has 0 radical (unpaired) electrons. The average Bonchev–Trinajstić information content (AvgIpc) is 2.44. The zero-order valence-electron chi connectivity index (χ0n) is 12.6. The van der Waals surface area contributed by atoms with Gasteiger partial charge in [-0.1, -0.05) is 32.6 Å². The second-order valence-electron chi connectivity index (χ2n) is 4.80. The van der Waals surface area contributed by atoms with E-state index in [2.05, 4.69) is 22.9 Å². The second-order valence-corrected chi connectivity index (χ2v) is 5.66. The molecule has 4 heteroatoms. The smallest absolute Gasteiger partial charge is 0.175 e. The maximum atomic E-state index is 5.89. The van der Waals surface area contributed by atoms with Gasteiger partial charge in [0.15, 0.2) is 11.5 Å². The summed E-state index contributed by atoms with van der Waals surface area (Å²) in [7, 11) is 0. The van der Waals surface area contributed by atoms with Crippen LogP contribution in [0.1, 0.15) is 51.5 Å². The van der Waals surface area contributed by atoms with Crippen LogP contribution in [-0.2, 0) is 6.54 Å². The monoisotopic (exact) mass is 343 g/mol. The molecule has 0 saturated carbocycles. The molecule has 0 bridgehead atoms. The third kappa shape index (κ3) is 5.71. The Morgan fingerprint density at radius 2 is 1.80 bits per heavy atom. The summed E-state index contributed by atoms with van der Waals surface area (Å²) in [5, 5.41) is 0. The Hall–Kier alpha value is -0.740. The van der Waals surface area contributed by atoms with E-state index in [1.807, 2.05) is 19.1 Å². The predicted octanol–water partition coefficient (Wildman–Crippen LogP) is 4.66. The minimum atomic E-state index is 0.496. The molecule has 0 atom stereocenters. The second kappa shape index (κ2) is 10.1. The first-order chi connectivity index (χ1) is 9.72. The van der Waals surface area contributed by atoms with Gasteiger partial charge in [0.1, 0.15) is 0 Å². The van der Waals surface area contributed by atoms with Gasteiger partial charge in [-0.05, 0) is 47.0 Å². The molecule has 0 spiro atoms. The quantitative estimate of drug-likeness (QED) is 0.628. The van der Waals surface area contributed by atoms with Crippen molar-refractivity contribution in [2.24, 2.45) is 5.73 Å². The molecule has 1 aromatic carbocycles. The van der Waals surface area contributed by atoms with Gasteiger partial charge in [-0.2, -0.15) is 0 Å². The molecular formula is C16H26BrNO2. The topological polar surface area (TPSA) is 44.5 Å². The van der Waals surface area contributed by atoms with E-state index in [4.69, 9.17) is 15.2 Å². The molecule has 114 valence electrons. The molecule has 0 unspecified atom stereocenters. The number of halogens is 1. The van der Waals surface area contributed by atoms with Crippen molar-refractivity contribution in [1.29, 1.82) is 0 Å². The first-order valence-electron chi connectivity index (χ1n) is 7.51. The summed E-state index contributed by atoms with van der Waals surface area (Å²) >= 11 is 3.54. The lowest BCUT2D eigenvalue weighted by Gasteiger charge is -2.15. The van der Waals surface area contributed by atoms with Crippen LogP contribution in [-0.4, -0.2) is 13.2 Å².